The molecular formula is C22H20N4O. The van der Waals surface area contributed by atoms with Crippen molar-refractivity contribution in [3.05, 3.63) is 90.5 Å². The van der Waals surface area contributed by atoms with Crippen LogP contribution in [0.25, 0.3) is 16.5 Å². The average Bonchev–Trinajstić information content (AvgIpc) is 3.23. The maximum Gasteiger partial charge on any atom is 0.224 e. The van der Waals surface area contributed by atoms with Gasteiger partial charge in [-0.25, -0.2) is 9.67 Å². The van der Waals surface area contributed by atoms with Crippen LogP contribution in [0.5, 0.6) is 0 Å². The van der Waals surface area contributed by atoms with Gasteiger partial charge < -0.3 is 5.32 Å². The maximum absolute atomic E-state index is 12.6. The van der Waals surface area contributed by atoms with Gasteiger partial charge in [-0.2, -0.15) is 5.10 Å². The molecule has 4 aromatic rings. The van der Waals surface area contributed by atoms with E-state index in [0.717, 1.165) is 27.6 Å². The fourth-order valence-electron chi connectivity index (χ4n) is 3.25. The monoisotopic (exact) mass is 356 g/mol. The van der Waals surface area contributed by atoms with Crippen molar-refractivity contribution in [2.75, 3.05) is 0 Å². The normalized spacial score (nSPS) is 12.0. The van der Waals surface area contributed by atoms with Gasteiger partial charge in [-0.05, 0) is 41.0 Å². The van der Waals surface area contributed by atoms with Crippen molar-refractivity contribution in [1.82, 2.24) is 20.1 Å². The van der Waals surface area contributed by atoms with E-state index in [0.29, 0.717) is 6.42 Å². The molecule has 0 bridgehead atoms. The van der Waals surface area contributed by atoms with Crippen molar-refractivity contribution >= 4 is 16.7 Å². The van der Waals surface area contributed by atoms with E-state index < -0.39 is 0 Å². The summed E-state index contributed by atoms with van der Waals surface area (Å²) in [6, 6.07) is 22.1. The molecule has 5 nitrogen and oxygen atoms in total. The first-order valence-corrected chi connectivity index (χ1v) is 8.92. The Hall–Kier alpha value is -3.47. The van der Waals surface area contributed by atoms with E-state index in [1.807, 2.05) is 55.5 Å². The zero-order valence-electron chi connectivity index (χ0n) is 15.0. The summed E-state index contributed by atoms with van der Waals surface area (Å²) in [5.74, 6) is 0.0132. The molecule has 0 fully saturated rings. The second kappa shape index (κ2) is 7.41. The number of nitrogens with zero attached hydrogens (tertiary/aromatic N) is 3. The molecule has 1 N–H and O–H groups in total. The lowest BCUT2D eigenvalue weighted by atomic mass is 10.0. The van der Waals surface area contributed by atoms with E-state index >= 15 is 0 Å². The number of amides is 1. The summed E-state index contributed by atoms with van der Waals surface area (Å²) < 4.78 is 1.70. The minimum atomic E-state index is -0.0720. The summed E-state index contributed by atoms with van der Waals surface area (Å²) in [7, 11) is 0. The molecule has 1 heterocycles. The molecule has 0 spiro atoms. The minimum Gasteiger partial charge on any atom is -0.349 e. The van der Waals surface area contributed by atoms with E-state index in [1.165, 1.54) is 6.33 Å². The average molecular weight is 356 g/mol. The predicted molar refractivity (Wildman–Crippen MR) is 106 cm³/mol. The molecular weight excluding hydrogens is 336 g/mol. The molecule has 1 amide bonds. The lowest BCUT2D eigenvalue weighted by molar-refractivity contribution is -0.121. The highest BCUT2D eigenvalue weighted by atomic mass is 16.1. The second-order valence-electron chi connectivity index (χ2n) is 6.54. The zero-order valence-corrected chi connectivity index (χ0v) is 15.0. The zero-order chi connectivity index (χ0) is 18.6. The van der Waals surface area contributed by atoms with Crippen LogP contribution in [0.4, 0.5) is 0 Å². The van der Waals surface area contributed by atoms with Crippen LogP contribution in [-0.4, -0.2) is 20.7 Å². The third kappa shape index (κ3) is 3.72. The van der Waals surface area contributed by atoms with Crippen molar-refractivity contribution in [2.45, 2.75) is 19.4 Å². The van der Waals surface area contributed by atoms with Crippen molar-refractivity contribution in [1.29, 1.82) is 0 Å². The Kier molecular flexibility index (Phi) is 4.66. The van der Waals surface area contributed by atoms with Crippen LogP contribution in [-0.2, 0) is 11.2 Å². The van der Waals surface area contributed by atoms with E-state index in [-0.39, 0.29) is 11.9 Å². The van der Waals surface area contributed by atoms with Crippen LogP contribution in [0.3, 0.4) is 0 Å². The summed E-state index contributed by atoms with van der Waals surface area (Å²) in [6.45, 7) is 1.99. The van der Waals surface area contributed by atoms with E-state index in [2.05, 4.69) is 33.6 Å². The number of fused-ring (bicyclic) bond motifs is 1. The molecule has 134 valence electrons. The molecule has 0 aliphatic rings. The first kappa shape index (κ1) is 17.0. The fourth-order valence-corrected chi connectivity index (χ4v) is 3.25. The molecule has 1 atom stereocenters. The molecule has 0 radical (unpaired) electrons. The number of nitrogens with one attached hydrogen (secondary N) is 1. The SMILES string of the molecule is C[C@@H](NC(=O)Cc1cccc2ccccc12)c1ccc(-n2cncn2)cc1. The Morgan fingerprint density at radius 3 is 2.59 bits per heavy atom. The van der Waals surface area contributed by atoms with Gasteiger partial charge in [0.15, 0.2) is 0 Å². The molecule has 4 rings (SSSR count). The number of aromatic nitrogens is 3. The number of hydrogen-bond acceptors (Lipinski definition) is 3. The molecule has 0 saturated carbocycles. The van der Waals surface area contributed by atoms with Gasteiger partial charge in [-0.1, -0.05) is 54.6 Å². The van der Waals surface area contributed by atoms with Crippen LogP contribution >= 0.6 is 0 Å². The van der Waals surface area contributed by atoms with E-state index in [1.54, 1.807) is 11.0 Å². The van der Waals surface area contributed by atoms with Gasteiger partial charge in [0, 0.05) is 0 Å². The standard InChI is InChI=1S/C22H20N4O/c1-16(17-9-11-20(12-10-17)26-15-23-14-24-26)25-22(27)13-19-7-4-6-18-5-2-3-8-21(18)19/h2-12,14-16H,13H2,1H3,(H,25,27)/t16-/m1/s1. The third-order valence-electron chi connectivity index (χ3n) is 4.68. The van der Waals surface area contributed by atoms with Gasteiger partial charge in [0.2, 0.25) is 5.91 Å². The Balaban J connectivity index is 1.44. The Labute approximate surface area is 157 Å². The van der Waals surface area contributed by atoms with E-state index in [9.17, 15) is 4.79 Å². The van der Waals surface area contributed by atoms with Gasteiger partial charge in [-0.15, -0.1) is 0 Å². The maximum atomic E-state index is 12.6. The predicted octanol–water partition coefficient (Wildman–Crippen LogP) is 3.84. The molecule has 27 heavy (non-hydrogen) atoms. The quantitative estimate of drug-likeness (QED) is 0.591. The number of carbonyl (C=O) groups excluding carboxylic acids is 1. The minimum absolute atomic E-state index is 0.0132. The third-order valence-corrected chi connectivity index (χ3v) is 4.68. The highest BCUT2D eigenvalue weighted by Crippen LogP contribution is 2.20. The topological polar surface area (TPSA) is 59.8 Å². The van der Waals surface area contributed by atoms with Gasteiger partial charge in [0.25, 0.3) is 0 Å². The Morgan fingerprint density at radius 1 is 1.04 bits per heavy atom. The molecule has 0 aliphatic carbocycles. The molecule has 0 unspecified atom stereocenters. The molecule has 5 heteroatoms. The van der Waals surface area contributed by atoms with Gasteiger partial charge >= 0.3 is 0 Å². The van der Waals surface area contributed by atoms with Crippen molar-refractivity contribution in [2.24, 2.45) is 0 Å². The first-order valence-electron chi connectivity index (χ1n) is 8.92. The Morgan fingerprint density at radius 2 is 1.81 bits per heavy atom. The summed E-state index contributed by atoms with van der Waals surface area (Å²) in [4.78, 5) is 16.5. The smallest absolute Gasteiger partial charge is 0.224 e. The van der Waals surface area contributed by atoms with Crippen LogP contribution in [0.2, 0.25) is 0 Å². The summed E-state index contributed by atoms with van der Waals surface area (Å²) >= 11 is 0. The van der Waals surface area contributed by atoms with Gasteiger partial charge in [0.1, 0.15) is 12.7 Å². The highest BCUT2D eigenvalue weighted by molar-refractivity contribution is 5.90. The molecule has 1 aromatic heterocycles. The lowest BCUT2D eigenvalue weighted by Crippen LogP contribution is -2.28. The Bertz CT molecular complexity index is 1050. The highest BCUT2D eigenvalue weighted by Gasteiger charge is 2.12. The van der Waals surface area contributed by atoms with Crippen LogP contribution in [0, 0.1) is 0 Å². The van der Waals surface area contributed by atoms with Gasteiger partial charge in [-0.3, -0.25) is 4.79 Å². The van der Waals surface area contributed by atoms with Crippen LogP contribution in [0.15, 0.2) is 79.4 Å². The van der Waals surface area contributed by atoms with Crippen LogP contribution in [0.1, 0.15) is 24.1 Å². The number of rotatable bonds is 5. The number of hydrogen-bond donors (Lipinski definition) is 1. The van der Waals surface area contributed by atoms with Crippen molar-refractivity contribution in [3.63, 3.8) is 0 Å². The lowest BCUT2D eigenvalue weighted by Gasteiger charge is -2.15. The van der Waals surface area contributed by atoms with Gasteiger partial charge in [0.05, 0.1) is 18.2 Å². The number of carbonyl (C=O) groups is 1. The molecule has 0 aliphatic heterocycles. The largest absolute Gasteiger partial charge is 0.349 e. The van der Waals surface area contributed by atoms with Crippen molar-refractivity contribution < 1.29 is 4.79 Å². The molecule has 0 saturated heterocycles. The second-order valence-corrected chi connectivity index (χ2v) is 6.54. The molecule has 3 aromatic carbocycles. The fraction of sp³-hybridized carbons (Fsp3) is 0.136. The van der Waals surface area contributed by atoms with Crippen LogP contribution < -0.4 is 5.32 Å². The van der Waals surface area contributed by atoms with Crippen molar-refractivity contribution in [3.8, 4) is 5.69 Å². The van der Waals surface area contributed by atoms with E-state index in [4.69, 9.17) is 0 Å². The first-order chi connectivity index (χ1) is 13.2. The summed E-state index contributed by atoms with van der Waals surface area (Å²) in [5, 5.41) is 9.48. The summed E-state index contributed by atoms with van der Waals surface area (Å²) in [5.41, 5.74) is 3.02. The number of benzene rings is 3. The summed E-state index contributed by atoms with van der Waals surface area (Å²) in [6.07, 6.45) is 3.52.